The Kier molecular flexibility index (Phi) is 5.95. The highest BCUT2D eigenvalue weighted by Gasteiger charge is 2.25. The van der Waals surface area contributed by atoms with Gasteiger partial charge in [-0.2, -0.15) is 0 Å². The fraction of sp³-hybridized carbons (Fsp3) is 0.529. The maximum Gasteiger partial charge on any atom is 0.223 e. The van der Waals surface area contributed by atoms with Crippen LogP contribution in [0.1, 0.15) is 29.6 Å². The summed E-state index contributed by atoms with van der Waals surface area (Å²) in [5.74, 6) is 1.34. The zero-order chi connectivity index (χ0) is 15.9. The molecule has 0 bridgehead atoms. The third-order valence-electron chi connectivity index (χ3n) is 4.11. The Labute approximate surface area is 131 Å². The lowest BCUT2D eigenvalue weighted by atomic mass is 10.1. The highest BCUT2D eigenvalue weighted by molar-refractivity contribution is 5.98. The Morgan fingerprint density at radius 1 is 1.27 bits per heavy atom. The van der Waals surface area contributed by atoms with Gasteiger partial charge in [0.25, 0.3) is 0 Å². The van der Waals surface area contributed by atoms with Gasteiger partial charge in [-0.1, -0.05) is 0 Å². The largest absolute Gasteiger partial charge is 0.497 e. The van der Waals surface area contributed by atoms with Crippen molar-refractivity contribution in [2.24, 2.45) is 5.92 Å². The minimum Gasteiger partial charge on any atom is -0.497 e. The molecule has 5 heteroatoms. The third kappa shape index (κ3) is 4.31. The number of amides is 1. The quantitative estimate of drug-likeness (QED) is 0.779. The van der Waals surface area contributed by atoms with Crippen LogP contribution in [0, 0.1) is 5.92 Å². The molecular formula is C17H24N2O3. The fourth-order valence-corrected chi connectivity index (χ4v) is 2.81. The molecule has 120 valence electrons. The second-order valence-electron chi connectivity index (χ2n) is 5.70. The molecule has 1 atom stereocenters. The molecule has 1 N–H and O–H groups in total. The molecule has 1 aromatic carbocycles. The van der Waals surface area contributed by atoms with Gasteiger partial charge in [-0.25, -0.2) is 0 Å². The number of nitrogens with zero attached hydrogens (tertiary/aromatic N) is 1. The molecule has 0 aliphatic carbocycles. The number of ether oxygens (including phenoxy) is 1. The van der Waals surface area contributed by atoms with Crippen molar-refractivity contribution in [3.63, 3.8) is 0 Å². The number of carbonyl (C=O) groups excluding carboxylic acids is 2. The van der Waals surface area contributed by atoms with E-state index < -0.39 is 0 Å². The average Bonchev–Trinajstić information content (AvgIpc) is 3.01. The van der Waals surface area contributed by atoms with Crippen LogP contribution < -0.4 is 10.1 Å². The number of likely N-dealkylation sites (tertiary alicyclic amines) is 1. The van der Waals surface area contributed by atoms with Crippen LogP contribution in [0.3, 0.4) is 0 Å². The molecule has 1 saturated heterocycles. The van der Waals surface area contributed by atoms with Crippen molar-refractivity contribution in [2.45, 2.75) is 19.3 Å². The summed E-state index contributed by atoms with van der Waals surface area (Å²) in [4.78, 5) is 26.2. The average molecular weight is 304 g/mol. The molecule has 0 spiro atoms. The van der Waals surface area contributed by atoms with E-state index in [-0.39, 0.29) is 24.5 Å². The van der Waals surface area contributed by atoms with Gasteiger partial charge < -0.3 is 15.0 Å². The first kappa shape index (κ1) is 16.5. The summed E-state index contributed by atoms with van der Waals surface area (Å²) < 4.78 is 5.07. The number of benzene rings is 1. The number of rotatable bonds is 7. The summed E-state index contributed by atoms with van der Waals surface area (Å²) in [6.45, 7) is 2.55. The van der Waals surface area contributed by atoms with Crippen LogP contribution in [0.4, 0.5) is 0 Å². The van der Waals surface area contributed by atoms with Crippen LogP contribution >= 0.6 is 0 Å². The van der Waals surface area contributed by atoms with E-state index in [2.05, 4.69) is 5.32 Å². The number of ketones is 1. The summed E-state index contributed by atoms with van der Waals surface area (Å²) >= 11 is 0. The topological polar surface area (TPSA) is 58.6 Å². The molecule has 1 aliphatic heterocycles. The van der Waals surface area contributed by atoms with Crippen molar-refractivity contribution < 1.29 is 14.3 Å². The van der Waals surface area contributed by atoms with Gasteiger partial charge in [0, 0.05) is 31.5 Å². The molecule has 0 aromatic heterocycles. The Bertz CT molecular complexity index is 513. The molecule has 0 saturated carbocycles. The van der Waals surface area contributed by atoms with Crippen LogP contribution in [0.25, 0.3) is 0 Å². The number of carbonyl (C=O) groups is 2. The van der Waals surface area contributed by atoms with Gasteiger partial charge in [-0.05, 0) is 50.2 Å². The first-order chi connectivity index (χ1) is 10.6. The van der Waals surface area contributed by atoms with Gasteiger partial charge in [0.1, 0.15) is 5.75 Å². The summed E-state index contributed by atoms with van der Waals surface area (Å²) in [6.07, 6.45) is 1.59. The molecule has 5 nitrogen and oxygen atoms in total. The standard InChI is InChI=1S/C17H24N2O3/c1-18-11-13-9-10-19(12-13)17(21)8-7-16(20)14-3-5-15(22-2)6-4-14/h3-6,13,18H,7-12H2,1-2H3. The summed E-state index contributed by atoms with van der Waals surface area (Å²) in [7, 11) is 3.52. The first-order valence-electron chi connectivity index (χ1n) is 7.73. The number of methoxy groups -OCH3 is 1. The zero-order valence-electron chi connectivity index (χ0n) is 13.3. The monoisotopic (exact) mass is 304 g/mol. The molecule has 1 unspecified atom stereocenters. The number of hydrogen-bond acceptors (Lipinski definition) is 4. The van der Waals surface area contributed by atoms with Crippen molar-refractivity contribution in [3.8, 4) is 5.75 Å². The minimum atomic E-state index is 0.00183. The normalized spacial score (nSPS) is 17.5. The second kappa shape index (κ2) is 7.94. The highest BCUT2D eigenvalue weighted by Crippen LogP contribution is 2.18. The minimum absolute atomic E-state index is 0.00183. The van der Waals surface area contributed by atoms with Crippen LogP contribution in [0.5, 0.6) is 5.75 Å². The van der Waals surface area contributed by atoms with E-state index in [0.29, 0.717) is 11.5 Å². The predicted octanol–water partition coefficient (Wildman–Crippen LogP) is 1.73. The van der Waals surface area contributed by atoms with Gasteiger partial charge in [-0.15, -0.1) is 0 Å². The molecule has 1 heterocycles. The number of hydrogen-bond donors (Lipinski definition) is 1. The van der Waals surface area contributed by atoms with Gasteiger partial charge in [-0.3, -0.25) is 9.59 Å². The van der Waals surface area contributed by atoms with E-state index in [4.69, 9.17) is 4.74 Å². The molecular weight excluding hydrogens is 280 g/mol. The number of Topliss-reactive ketones (excluding diaryl/α,β-unsaturated/α-hetero) is 1. The smallest absolute Gasteiger partial charge is 0.223 e. The van der Waals surface area contributed by atoms with Gasteiger partial charge >= 0.3 is 0 Å². The third-order valence-corrected chi connectivity index (χ3v) is 4.11. The zero-order valence-corrected chi connectivity index (χ0v) is 13.3. The Hall–Kier alpha value is -1.88. The highest BCUT2D eigenvalue weighted by atomic mass is 16.5. The maximum atomic E-state index is 12.2. The van der Waals surface area contributed by atoms with Crippen molar-refractivity contribution in [1.29, 1.82) is 0 Å². The lowest BCUT2D eigenvalue weighted by Gasteiger charge is -2.16. The van der Waals surface area contributed by atoms with Gasteiger partial charge in [0.2, 0.25) is 5.91 Å². The van der Waals surface area contributed by atoms with Crippen molar-refractivity contribution in [3.05, 3.63) is 29.8 Å². The van der Waals surface area contributed by atoms with Gasteiger partial charge in [0.15, 0.2) is 5.78 Å². The summed E-state index contributed by atoms with van der Waals surface area (Å²) in [5.41, 5.74) is 0.628. The molecule has 2 rings (SSSR count). The second-order valence-corrected chi connectivity index (χ2v) is 5.70. The predicted molar refractivity (Wildman–Crippen MR) is 85.2 cm³/mol. The van der Waals surface area contributed by atoms with Crippen LogP contribution in [-0.4, -0.2) is 50.4 Å². The summed E-state index contributed by atoms with van der Waals surface area (Å²) in [5, 5.41) is 3.15. The number of nitrogens with one attached hydrogen (secondary N) is 1. The Morgan fingerprint density at radius 3 is 2.64 bits per heavy atom. The first-order valence-corrected chi connectivity index (χ1v) is 7.73. The molecule has 0 radical (unpaired) electrons. The van der Waals surface area contributed by atoms with E-state index in [1.54, 1.807) is 31.4 Å². The van der Waals surface area contributed by atoms with Crippen LogP contribution in [0.15, 0.2) is 24.3 Å². The summed E-state index contributed by atoms with van der Waals surface area (Å²) in [6, 6.07) is 7.00. The lowest BCUT2D eigenvalue weighted by molar-refractivity contribution is -0.130. The SMILES string of the molecule is CNCC1CCN(C(=O)CCC(=O)c2ccc(OC)cc2)C1. The fourth-order valence-electron chi connectivity index (χ4n) is 2.81. The van der Waals surface area contributed by atoms with E-state index >= 15 is 0 Å². The van der Waals surface area contributed by atoms with Crippen molar-refractivity contribution in [1.82, 2.24) is 10.2 Å². The maximum absolute atomic E-state index is 12.2. The van der Waals surface area contributed by atoms with Crippen molar-refractivity contribution in [2.75, 3.05) is 33.8 Å². The Morgan fingerprint density at radius 2 is 2.00 bits per heavy atom. The molecule has 1 aliphatic rings. The van der Waals surface area contributed by atoms with Crippen LogP contribution in [-0.2, 0) is 4.79 Å². The molecule has 1 amide bonds. The van der Waals surface area contributed by atoms with E-state index in [0.717, 1.165) is 31.8 Å². The molecule has 22 heavy (non-hydrogen) atoms. The van der Waals surface area contributed by atoms with E-state index in [9.17, 15) is 9.59 Å². The van der Waals surface area contributed by atoms with Crippen LogP contribution in [0.2, 0.25) is 0 Å². The Balaban J connectivity index is 1.79. The molecule has 1 fully saturated rings. The van der Waals surface area contributed by atoms with Crippen molar-refractivity contribution >= 4 is 11.7 Å². The molecule has 1 aromatic rings. The van der Waals surface area contributed by atoms with E-state index in [1.165, 1.54) is 0 Å². The van der Waals surface area contributed by atoms with Gasteiger partial charge in [0.05, 0.1) is 7.11 Å². The van der Waals surface area contributed by atoms with E-state index in [1.807, 2.05) is 11.9 Å². The lowest BCUT2D eigenvalue weighted by Crippen LogP contribution is -2.30.